The van der Waals surface area contributed by atoms with Gasteiger partial charge in [-0.05, 0) is 12.8 Å². The minimum atomic E-state index is 0.626. The van der Waals surface area contributed by atoms with Gasteiger partial charge in [-0.15, -0.1) is 0 Å². The van der Waals surface area contributed by atoms with Gasteiger partial charge in [0.05, 0.1) is 12.4 Å². The number of nitrogens with zero attached hydrogens (tertiary/aromatic N) is 1. The molecule has 0 radical (unpaired) electrons. The van der Waals surface area contributed by atoms with Gasteiger partial charge in [0, 0.05) is 17.3 Å². The number of hydrogen-bond acceptors (Lipinski definition) is 2. The Kier molecular flexibility index (Phi) is 1.68. The van der Waals surface area contributed by atoms with E-state index < -0.39 is 0 Å². The van der Waals surface area contributed by atoms with Crippen molar-refractivity contribution in [1.29, 1.82) is 0 Å². The molecule has 2 rings (SSSR count). The van der Waals surface area contributed by atoms with Crippen LogP contribution in [0.1, 0.15) is 12.8 Å². The summed E-state index contributed by atoms with van der Waals surface area (Å²) >= 11 is 3.59. The highest BCUT2D eigenvalue weighted by atomic mass is 79.9. The molecule has 0 aromatic heterocycles. The summed E-state index contributed by atoms with van der Waals surface area (Å²) in [5, 5.41) is 3.31. The van der Waals surface area contributed by atoms with Crippen molar-refractivity contribution in [1.82, 2.24) is 5.32 Å². The summed E-state index contributed by atoms with van der Waals surface area (Å²) in [6, 6.07) is 0. The number of hydrogen-bond donors (Lipinski definition) is 1. The van der Waals surface area contributed by atoms with E-state index in [2.05, 4.69) is 26.2 Å². The summed E-state index contributed by atoms with van der Waals surface area (Å²) in [4.78, 5) is 5.06. The quantitative estimate of drug-likeness (QED) is 0.587. The number of rotatable bonds is 0. The van der Waals surface area contributed by atoms with Crippen LogP contribution < -0.4 is 5.32 Å². The van der Waals surface area contributed by atoms with Gasteiger partial charge in [0.15, 0.2) is 0 Å². The summed E-state index contributed by atoms with van der Waals surface area (Å²) in [5.74, 6) is 1.99. The van der Waals surface area contributed by atoms with E-state index in [1.807, 2.05) is 0 Å². The van der Waals surface area contributed by atoms with Gasteiger partial charge in [0.1, 0.15) is 0 Å². The van der Waals surface area contributed by atoms with Crippen LogP contribution in [0, 0.1) is 5.92 Å². The zero-order chi connectivity index (χ0) is 6.97. The minimum absolute atomic E-state index is 0.626. The monoisotopic (exact) mass is 202 g/mol. The first-order valence-electron chi connectivity index (χ1n) is 3.78. The molecule has 3 heteroatoms. The van der Waals surface area contributed by atoms with Gasteiger partial charge in [0.2, 0.25) is 0 Å². The summed E-state index contributed by atoms with van der Waals surface area (Å²) in [7, 11) is 0. The molecule has 2 nitrogen and oxygen atoms in total. The Hall–Kier alpha value is -0.0500. The minimum Gasteiger partial charge on any atom is -0.374 e. The van der Waals surface area contributed by atoms with Crippen molar-refractivity contribution >= 4 is 21.8 Å². The predicted molar refractivity (Wildman–Crippen MR) is 45.7 cm³/mol. The smallest absolute Gasteiger partial charge is 0.0995 e. The van der Waals surface area contributed by atoms with E-state index in [1.165, 1.54) is 18.7 Å². The fraction of sp³-hybridized carbons (Fsp3) is 0.857. The van der Waals surface area contributed by atoms with Crippen LogP contribution >= 0.6 is 15.9 Å². The van der Waals surface area contributed by atoms with Crippen LogP contribution in [0.15, 0.2) is 4.99 Å². The van der Waals surface area contributed by atoms with E-state index in [0.717, 1.165) is 19.0 Å². The van der Waals surface area contributed by atoms with Gasteiger partial charge in [0.25, 0.3) is 0 Å². The highest BCUT2D eigenvalue weighted by Crippen LogP contribution is 2.25. The first-order valence-corrected chi connectivity index (χ1v) is 4.70. The molecule has 0 bridgehead atoms. The van der Waals surface area contributed by atoms with Crippen molar-refractivity contribution < 1.29 is 0 Å². The zero-order valence-corrected chi connectivity index (χ0v) is 7.39. The van der Waals surface area contributed by atoms with Crippen molar-refractivity contribution in [3.05, 3.63) is 0 Å². The van der Waals surface area contributed by atoms with Crippen LogP contribution in [0.2, 0.25) is 0 Å². The van der Waals surface area contributed by atoms with Gasteiger partial charge in [-0.3, -0.25) is 4.99 Å². The number of aliphatic imine (C=N–C) groups is 1. The van der Waals surface area contributed by atoms with Crippen LogP contribution in [0.25, 0.3) is 0 Å². The molecular formula is C7H11BrN2. The van der Waals surface area contributed by atoms with E-state index in [9.17, 15) is 0 Å². The third-order valence-corrected chi connectivity index (χ3v) is 2.85. The van der Waals surface area contributed by atoms with Crippen molar-refractivity contribution in [3.8, 4) is 0 Å². The maximum absolute atomic E-state index is 4.43. The molecule has 2 atom stereocenters. The SMILES string of the molecule is BrC1CN=C2NCCC2C1. The molecule has 0 amide bonds. The van der Waals surface area contributed by atoms with Crippen molar-refractivity contribution in [2.75, 3.05) is 13.1 Å². The lowest BCUT2D eigenvalue weighted by Gasteiger charge is -2.19. The number of nitrogens with one attached hydrogen (secondary N) is 1. The van der Waals surface area contributed by atoms with Crippen molar-refractivity contribution in [2.24, 2.45) is 10.9 Å². The van der Waals surface area contributed by atoms with Crippen LogP contribution in [-0.4, -0.2) is 23.8 Å². The fourth-order valence-corrected chi connectivity index (χ4v) is 2.25. The van der Waals surface area contributed by atoms with Gasteiger partial charge < -0.3 is 5.32 Å². The van der Waals surface area contributed by atoms with Crippen molar-refractivity contribution in [3.63, 3.8) is 0 Å². The third-order valence-electron chi connectivity index (χ3n) is 2.19. The van der Waals surface area contributed by atoms with E-state index in [0.29, 0.717) is 4.83 Å². The number of fused-ring (bicyclic) bond motifs is 1. The summed E-state index contributed by atoms with van der Waals surface area (Å²) in [5.41, 5.74) is 0. The second-order valence-electron chi connectivity index (χ2n) is 2.97. The third kappa shape index (κ3) is 1.07. The molecule has 56 valence electrons. The van der Waals surface area contributed by atoms with Gasteiger partial charge in [-0.1, -0.05) is 15.9 Å². The topological polar surface area (TPSA) is 24.4 Å². The molecule has 2 unspecified atom stereocenters. The normalized spacial score (nSPS) is 38.3. The summed E-state index contributed by atoms with van der Waals surface area (Å²) in [6.07, 6.45) is 2.55. The average Bonchev–Trinajstić information content (AvgIpc) is 2.33. The zero-order valence-electron chi connectivity index (χ0n) is 5.81. The molecule has 1 saturated heterocycles. The van der Waals surface area contributed by atoms with Gasteiger partial charge >= 0.3 is 0 Å². The van der Waals surface area contributed by atoms with Gasteiger partial charge in [-0.25, -0.2) is 0 Å². The molecule has 1 fully saturated rings. The van der Waals surface area contributed by atoms with Gasteiger partial charge in [-0.2, -0.15) is 0 Å². The van der Waals surface area contributed by atoms with E-state index >= 15 is 0 Å². The number of amidine groups is 1. The lowest BCUT2D eigenvalue weighted by molar-refractivity contribution is 0.589. The lowest BCUT2D eigenvalue weighted by atomic mass is 9.99. The highest BCUT2D eigenvalue weighted by molar-refractivity contribution is 9.09. The molecule has 2 aliphatic heterocycles. The molecule has 0 aromatic rings. The molecule has 10 heavy (non-hydrogen) atoms. The average molecular weight is 203 g/mol. The highest BCUT2D eigenvalue weighted by Gasteiger charge is 2.27. The van der Waals surface area contributed by atoms with E-state index in [-0.39, 0.29) is 0 Å². The van der Waals surface area contributed by atoms with E-state index in [4.69, 9.17) is 0 Å². The fourth-order valence-electron chi connectivity index (χ4n) is 1.65. The molecule has 0 spiro atoms. The standard InChI is InChI=1S/C7H11BrN2/c8-6-3-5-1-2-9-7(5)10-4-6/h5-6H,1-4H2,(H,9,10). The second-order valence-corrected chi connectivity index (χ2v) is 4.27. The Labute approximate surface area is 69.2 Å². The molecule has 2 aliphatic rings. The van der Waals surface area contributed by atoms with E-state index in [1.54, 1.807) is 0 Å². The second kappa shape index (κ2) is 2.53. The number of alkyl halides is 1. The maximum atomic E-state index is 4.43. The van der Waals surface area contributed by atoms with Crippen LogP contribution in [0.5, 0.6) is 0 Å². The Bertz CT molecular complexity index is 167. The molecule has 0 aliphatic carbocycles. The van der Waals surface area contributed by atoms with Crippen molar-refractivity contribution in [2.45, 2.75) is 17.7 Å². The lowest BCUT2D eigenvalue weighted by Crippen LogP contribution is -2.28. The largest absolute Gasteiger partial charge is 0.374 e. The Morgan fingerprint density at radius 3 is 3.40 bits per heavy atom. The molecule has 0 aromatic carbocycles. The van der Waals surface area contributed by atoms with Crippen LogP contribution in [0.4, 0.5) is 0 Å². The maximum Gasteiger partial charge on any atom is 0.0995 e. The first-order chi connectivity index (χ1) is 4.86. The first kappa shape index (κ1) is 6.65. The van der Waals surface area contributed by atoms with Crippen LogP contribution in [0.3, 0.4) is 0 Å². The molecular weight excluding hydrogens is 192 g/mol. The predicted octanol–water partition coefficient (Wildman–Crippen LogP) is 1.16. The summed E-state index contributed by atoms with van der Waals surface area (Å²) < 4.78 is 0. The Morgan fingerprint density at radius 1 is 1.60 bits per heavy atom. The molecule has 1 N–H and O–H groups in total. The number of halogens is 1. The Balaban J connectivity index is 2.12. The molecule has 0 saturated carbocycles. The van der Waals surface area contributed by atoms with Crippen LogP contribution in [-0.2, 0) is 0 Å². The molecule has 2 heterocycles. The Morgan fingerprint density at radius 2 is 2.50 bits per heavy atom. The summed E-state index contributed by atoms with van der Waals surface area (Å²) in [6.45, 7) is 2.09.